The highest BCUT2D eigenvalue weighted by Gasteiger charge is 2.17. The lowest BCUT2D eigenvalue weighted by Gasteiger charge is -2.26. The minimum Gasteiger partial charge on any atom is -0.310 e. The zero-order valence-corrected chi connectivity index (χ0v) is 30.4. The molecule has 9 aromatic carbocycles. The summed E-state index contributed by atoms with van der Waals surface area (Å²) in [6.45, 7) is 0. The van der Waals surface area contributed by atoms with Crippen molar-refractivity contribution in [2.75, 3.05) is 4.90 Å². The van der Waals surface area contributed by atoms with E-state index in [2.05, 4.69) is 217 Å². The predicted octanol–water partition coefficient (Wildman–Crippen LogP) is 15.3. The molecular weight excluding hydrogens is 671 g/mol. The van der Waals surface area contributed by atoms with Gasteiger partial charge in [-0.2, -0.15) is 0 Å². The molecule has 0 aliphatic carbocycles. The van der Waals surface area contributed by atoms with Gasteiger partial charge in [0.25, 0.3) is 0 Å². The van der Waals surface area contributed by atoms with Crippen LogP contribution in [0.1, 0.15) is 0 Å². The van der Waals surface area contributed by atoms with Gasteiger partial charge in [-0.3, -0.25) is 0 Å². The predicted molar refractivity (Wildman–Crippen MR) is 233 cm³/mol. The first-order valence-corrected chi connectivity index (χ1v) is 19.2. The van der Waals surface area contributed by atoms with Crippen LogP contribution in [0, 0.1) is 0 Å². The molecule has 0 unspecified atom stereocenters. The van der Waals surface area contributed by atoms with Gasteiger partial charge in [0.05, 0.1) is 0 Å². The average molecular weight is 706 g/mol. The second-order valence-corrected chi connectivity index (χ2v) is 14.8. The summed E-state index contributed by atoms with van der Waals surface area (Å²) in [7, 11) is 0. The lowest BCUT2D eigenvalue weighted by atomic mass is 9.97. The standard InChI is InChI=1S/C52H35NS/c1-3-11-36(12-4-1)38-21-23-39(24-22-38)40-25-30-44(31-26-40)53(46-17-9-16-43(35-46)37-13-5-2-6-14-37)45-32-27-42(28-33-45)47-19-10-20-50-51(47)49-34-29-41-15-7-8-18-48(41)52(49)54-50/h1-35H. The van der Waals surface area contributed by atoms with E-state index in [0.29, 0.717) is 0 Å². The SMILES string of the molecule is c1ccc(-c2ccc(-c3ccc(N(c4ccc(-c5cccc6sc7c8ccccc8ccc7c56)cc4)c4cccc(-c5ccccc5)c4)cc3)cc2)cc1. The van der Waals surface area contributed by atoms with Crippen molar-refractivity contribution >= 4 is 59.3 Å². The molecule has 0 saturated carbocycles. The molecule has 1 aromatic heterocycles. The monoisotopic (exact) mass is 705 g/mol. The second kappa shape index (κ2) is 13.7. The molecule has 0 fully saturated rings. The molecule has 0 bridgehead atoms. The van der Waals surface area contributed by atoms with E-state index < -0.39 is 0 Å². The minimum absolute atomic E-state index is 1.11. The van der Waals surface area contributed by atoms with Gasteiger partial charge in [0.1, 0.15) is 0 Å². The highest BCUT2D eigenvalue weighted by Crippen LogP contribution is 2.44. The summed E-state index contributed by atoms with van der Waals surface area (Å²) in [6, 6.07) is 76.9. The average Bonchev–Trinajstić information content (AvgIpc) is 3.65. The van der Waals surface area contributed by atoms with Gasteiger partial charge in [-0.1, -0.05) is 170 Å². The first-order valence-electron chi connectivity index (χ1n) is 18.4. The molecular formula is C52H35NS. The Morgan fingerprint density at radius 2 is 0.833 bits per heavy atom. The van der Waals surface area contributed by atoms with Gasteiger partial charge in [0.2, 0.25) is 0 Å². The largest absolute Gasteiger partial charge is 0.310 e. The van der Waals surface area contributed by atoms with E-state index in [9.17, 15) is 0 Å². The van der Waals surface area contributed by atoms with Crippen molar-refractivity contribution in [1.29, 1.82) is 0 Å². The van der Waals surface area contributed by atoms with Crippen LogP contribution < -0.4 is 4.90 Å². The summed E-state index contributed by atoms with van der Waals surface area (Å²) in [5.41, 5.74) is 13.0. The van der Waals surface area contributed by atoms with Crippen LogP contribution in [0.3, 0.4) is 0 Å². The van der Waals surface area contributed by atoms with E-state index in [1.54, 1.807) is 0 Å². The molecule has 2 heteroatoms. The number of nitrogens with zero attached hydrogens (tertiary/aromatic N) is 1. The van der Waals surface area contributed by atoms with E-state index in [0.717, 1.165) is 17.1 Å². The maximum absolute atomic E-state index is 2.37. The molecule has 10 aromatic rings. The normalized spacial score (nSPS) is 11.3. The Balaban J connectivity index is 1.04. The molecule has 10 rings (SSSR count). The third-order valence-corrected chi connectivity index (χ3v) is 11.7. The molecule has 0 aliphatic rings. The van der Waals surface area contributed by atoms with Crippen molar-refractivity contribution < 1.29 is 0 Å². The molecule has 1 nitrogen and oxygen atoms in total. The highest BCUT2D eigenvalue weighted by atomic mass is 32.1. The number of thiophene rings is 1. The van der Waals surface area contributed by atoms with Gasteiger partial charge in [-0.15, -0.1) is 11.3 Å². The van der Waals surface area contributed by atoms with Crippen LogP contribution >= 0.6 is 11.3 Å². The van der Waals surface area contributed by atoms with Crippen LogP contribution in [0.5, 0.6) is 0 Å². The zero-order valence-electron chi connectivity index (χ0n) is 29.6. The van der Waals surface area contributed by atoms with Crippen LogP contribution in [-0.4, -0.2) is 0 Å². The molecule has 0 amide bonds. The van der Waals surface area contributed by atoms with Gasteiger partial charge in [0, 0.05) is 37.2 Å². The quantitative estimate of drug-likeness (QED) is 0.160. The van der Waals surface area contributed by atoms with E-state index >= 15 is 0 Å². The zero-order chi connectivity index (χ0) is 35.8. The summed E-state index contributed by atoms with van der Waals surface area (Å²) in [4.78, 5) is 2.37. The van der Waals surface area contributed by atoms with Crippen LogP contribution in [0.15, 0.2) is 212 Å². The van der Waals surface area contributed by atoms with E-state index in [1.807, 2.05) is 11.3 Å². The lowest BCUT2D eigenvalue weighted by Crippen LogP contribution is -2.10. The maximum Gasteiger partial charge on any atom is 0.0467 e. The van der Waals surface area contributed by atoms with Gasteiger partial charge in [-0.25, -0.2) is 0 Å². The smallest absolute Gasteiger partial charge is 0.0467 e. The Morgan fingerprint density at radius 3 is 1.50 bits per heavy atom. The van der Waals surface area contributed by atoms with Crippen LogP contribution in [0.25, 0.3) is 75.5 Å². The lowest BCUT2D eigenvalue weighted by molar-refractivity contribution is 1.28. The molecule has 0 saturated heterocycles. The molecule has 254 valence electrons. The van der Waals surface area contributed by atoms with Crippen molar-refractivity contribution in [3.8, 4) is 44.5 Å². The molecule has 0 radical (unpaired) electrons. The maximum atomic E-state index is 2.37. The Labute approximate surface area is 319 Å². The van der Waals surface area contributed by atoms with Gasteiger partial charge < -0.3 is 4.90 Å². The fraction of sp³-hybridized carbons (Fsp3) is 0. The Kier molecular flexibility index (Phi) is 8.09. The van der Waals surface area contributed by atoms with Crippen molar-refractivity contribution in [1.82, 2.24) is 0 Å². The van der Waals surface area contributed by atoms with Crippen molar-refractivity contribution in [3.05, 3.63) is 212 Å². The van der Waals surface area contributed by atoms with E-state index in [1.165, 1.54) is 75.5 Å². The number of anilines is 3. The fourth-order valence-electron chi connectivity index (χ4n) is 7.78. The number of hydrogen-bond donors (Lipinski definition) is 0. The first kappa shape index (κ1) is 32.0. The molecule has 54 heavy (non-hydrogen) atoms. The minimum atomic E-state index is 1.11. The number of fused-ring (bicyclic) bond motifs is 5. The summed E-state index contributed by atoms with van der Waals surface area (Å²) >= 11 is 1.89. The van der Waals surface area contributed by atoms with Crippen LogP contribution in [-0.2, 0) is 0 Å². The summed E-state index contributed by atoms with van der Waals surface area (Å²) in [5.74, 6) is 0. The molecule has 0 atom stereocenters. The molecule has 1 heterocycles. The molecule has 0 spiro atoms. The third kappa shape index (κ3) is 5.84. The van der Waals surface area contributed by atoms with Gasteiger partial charge >= 0.3 is 0 Å². The van der Waals surface area contributed by atoms with Crippen LogP contribution in [0.4, 0.5) is 17.1 Å². The fourth-order valence-corrected chi connectivity index (χ4v) is 9.04. The number of rotatable bonds is 7. The van der Waals surface area contributed by atoms with Gasteiger partial charge in [0.15, 0.2) is 0 Å². The van der Waals surface area contributed by atoms with Crippen molar-refractivity contribution in [2.45, 2.75) is 0 Å². The van der Waals surface area contributed by atoms with E-state index in [-0.39, 0.29) is 0 Å². The summed E-state index contributed by atoms with van der Waals surface area (Å²) < 4.78 is 2.67. The van der Waals surface area contributed by atoms with E-state index in [4.69, 9.17) is 0 Å². The Morgan fingerprint density at radius 1 is 0.315 bits per heavy atom. The van der Waals surface area contributed by atoms with Crippen molar-refractivity contribution in [3.63, 3.8) is 0 Å². The first-order chi connectivity index (χ1) is 26.8. The Bertz CT molecular complexity index is 2890. The van der Waals surface area contributed by atoms with Gasteiger partial charge in [-0.05, 0) is 97.7 Å². The van der Waals surface area contributed by atoms with Crippen molar-refractivity contribution in [2.24, 2.45) is 0 Å². The highest BCUT2D eigenvalue weighted by molar-refractivity contribution is 7.26. The van der Waals surface area contributed by atoms with Crippen LogP contribution in [0.2, 0.25) is 0 Å². The third-order valence-electron chi connectivity index (χ3n) is 10.5. The Hall–Kier alpha value is -6.74. The molecule has 0 aliphatic heterocycles. The number of hydrogen-bond acceptors (Lipinski definition) is 2. The second-order valence-electron chi connectivity index (χ2n) is 13.7. The molecule has 0 N–H and O–H groups in total. The topological polar surface area (TPSA) is 3.24 Å². The number of benzene rings is 9. The summed E-state index contributed by atoms with van der Waals surface area (Å²) in [6.07, 6.45) is 0. The summed E-state index contributed by atoms with van der Waals surface area (Å²) in [5, 5.41) is 5.26.